The summed E-state index contributed by atoms with van der Waals surface area (Å²) in [5, 5.41) is 0. The van der Waals surface area contributed by atoms with Gasteiger partial charge in [0.2, 0.25) is 0 Å². The van der Waals surface area contributed by atoms with Crippen LogP contribution in [0.3, 0.4) is 0 Å². The first-order chi connectivity index (χ1) is 7.22. The van der Waals surface area contributed by atoms with Gasteiger partial charge in [0.05, 0.1) is 0 Å². The van der Waals surface area contributed by atoms with Crippen molar-refractivity contribution < 1.29 is 0 Å². The molecule has 0 radical (unpaired) electrons. The monoisotopic (exact) mass is 209 g/mol. The van der Waals surface area contributed by atoms with Crippen LogP contribution in [0.2, 0.25) is 0 Å². The minimum absolute atomic E-state index is 0.887. The number of piperidine rings is 1. The normalized spacial score (nSPS) is 34.4. The molecule has 2 rings (SSSR count). The van der Waals surface area contributed by atoms with Crippen LogP contribution in [0.15, 0.2) is 0 Å². The zero-order valence-corrected chi connectivity index (χ0v) is 10.7. The standard InChI is InChI=1S/C14H27N/c1-4-12-10-15(13-6-5-7-13)9-8-14(12)11(2)3/h11-14H,4-10H2,1-3H3/t12-,14?/m0/s1. The average Bonchev–Trinajstić information content (AvgIpc) is 2.14. The first-order valence-electron chi connectivity index (χ1n) is 6.96. The second-order valence-corrected chi connectivity index (χ2v) is 5.94. The minimum atomic E-state index is 0.887. The predicted molar refractivity (Wildman–Crippen MR) is 65.9 cm³/mol. The summed E-state index contributed by atoms with van der Waals surface area (Å²) >= 11 is 0. The van der Waals surface area contributed by atoms with Crippen molar-refractivity contribution in [3.05, 3.63) is 0 Å². The molecular formula is C14H27N. The topological polar surface area (TPSA) is 3.24 Å². The zero-order chi connectivity index (χ0) is 10.8. The summed E-state index contributed by atoms with van der Waals surface area (Å²) < 4.78 is 0. The highest BCUT2D eigenvalue weighted by Crippen LogP contribution is 2.35. The molecule has 1 nitrogen and oxygen atoms in total. The largest absolute Gasteiger partial charge is 0.300 e. The third kappa shape index (κ3) is 2.38. The van der Waals surface area contributed by atoms with Crippen molar-refractivity contribution in [2.24, 2.45) is 17.8 Å². The van der Waals surface area contributed by atoms with Gasteiger partial charge in [0.25, 0.3) is 0 Å². The molecule has 1 heterocycles. The van der Waals surface area contributed by atoms with Gasteiger partial charge in [-0.2, -0.15) is 0 Å². The predicted octanol–water partition coefficient (Wildman–Crippen LogP) is 3.54. The van der Waals surface area contributed by atoms with Gasteiger partial charge in [0, 0.05) is 12.6 Å². The highest BCUT2D eigenvalue weighted by Gasteiger charge is 2.34. The van der Waals surface area contributed by atoms with Crippen LogP contribution in [0, 0.1) is 17.8 Å². The van der Waals surface area contributed by atoms with Gasteiger partial charge in [-0.05, 0) is 43.6 Å². The molecule has 0 aromatic carbocycles. The molecule has 1 aliphatic heterocycles. The van der Waals surface area contributed by atoms with Gasteiger partial charge in [0.1, 0.15) is 0 Å². The van der Waals surface area contributed by atoms with E-state index >= 15 is 0 Å². The van der Waals surface area contributed by atoms with Crippen molar-refractivity contribution in [2.75, 3.05) is 13.1 Å². The molecule has 2 aliphatic rings. The maximum absolute atomic E-state index is 2.79. The molecule has 0 aromatic rings. The maximum atomic E-state index is 2.79. The summed E-state index contributed by atoms with van der Waals surface area (Å²) in [7, 11) is 0. The van der Waals surface area contributed by atoms with Gasteiger partial charge < -0.3 is 4.90 Å². The Kier molecular flexibility index (Phi) is 3.71. The number of likely N-dealkylation sites (tertiary alicyclic amines) is 1. The van der Waals surface area contributed by atoms with Crippen molar-refractivity contribution in [2.45, 2.75) is 58.9 Å². The Bertz CT molecular complexity index is 196. The fraction of sp³-hybridized carbons (Fsp3) is 1.00. The van der Waals surface area contributed by atoms with E-state index in [0.717, 1.165) is 23.8 Å². The Hall–Kier alpha value is -0.0400. The van der Waals surface area contributed by atoms with Gasteiger partial charge in [-0.25, -0.2) is 0 Å². The lowest BCUT2D eigenvalue weighted by atomic mass is 9.75. The van der Waals surface area contributed by atoms with Gasteiger partial charge in [-0.1, -0.05) is 33.6 Å². The number of nitrogens with zero attached hydrogens (tertiary/aromatic N) is 1. The summed E-state index contributed by atoms with van der Waals surface area (Å²) in [6, 6.07) is 0.965. The van der Waals surface area contributed by atoms with E-state index in [4.69, 9.17) is 0 Å². The third-order valence-corrected chi connectivity index (χ3v) is 4.80. The molecule has 1 saturated heterocycles. The highest BCUT2D eigenvalue weighted by atomic mass is 15.2. The van der Waals surface area contributed by atoms with E-state index in [9.17, 15) is 0 Å². The molecule has 1 heteroatoms. The van der Waals surface area contributed by atoms with Crippen LogP contribution < -0.4 is 0 Å². The Morgan fingerprint density at radius 1 is 1.20 bits per heavy atom. The van der Waals surface area contributed by atoms with Crippen LogP contribution >= 0.6 is 0 Å². The van der Waals surface area contributed by atoms with Crippen LogP contribution in [-0.2, 0) is 0 Å². The molecule has 2 fully saturated rings. The molecule has 88 valence electrons. The molecule has 2 atom stereocenters. The molecular weight excluding hydrogens is 182 g/mol. The van der Waals surface area contributed by atoms with Crippen molar-refractivity contribution >= 4 is 0 Å². The minimum Gasteiger partial charge on any atom is -0.300 e. The molecule has 0 bridgehead atoms. The Balaban J connectivity index is 1.90. The second kappa shape index (κ2) is 4.86. The van der Waals surface area contributed by atoms with Crippen molar-refractivity contribution in [3.8, 4) is 0 Å². The van der Waals surface area contributed by atoms with Gasteiger partial charge in [-0.15, -0.1) is 0 Å². The number of hydrogen-bond donors (Lipinski definition) is 0. The summed E-state index contributed by atoms with van der Waals surface area (Å²) in [5.74, 6) is 2.85. The molecule has 15 heavy (non-hydrogen) atoms. The van der Waals surface area contributed by atoms with E-state index in [1.54, 1.807) is 0 Å². The van der Waals surface area contributed by atoms with Crippen molar-refractivity contribution in [1.82, 2.24) is 4.90 Å². The molecule has 0 N–H and O–H groups in total. The molecule has 0 amide bonds. The molecule has 1 saturated carbocycles. The van der Waals surface area contributed by atoms with Crippen molar-refractivity contribution in [1.29, 1.82) is 0 Å². The smallest absolute Gasteiger partial charge is 0.00953 e. The van der Waals surface area contributed by atoms with Crippen LogP contribution in [-0.4, -0.2) is 24.0 Å². The number of rotatable bonds is 3. The van der Waals surface area contributed by atoms with Gasteiger partial charge in [-0.3, -0.25) is 0 Å². The SMILES string of the molecule is CC[C@H]1CN(C2CCC2)CCC1C(C)C. The van der Waals surface area contributed by atoms with E-state index in [0.29, 0.717) is 0 Å². The Morgan fingerprint density at radius 2 is 1.93 bits per heavy atom. The Labute approximate surface area is 95.2 Å². The fourth-order valence-corrected chi connectivity index (χ4v) is 3.47. The lowest BCUT2D eigenvalue weighted by Crippen LogP contribution is -2.49. The van der Waals surface area contributed by atoms with Crippen LogP contribution in [0.4, 0.5) is 0 Å². The van der Waals surface area contributed by atoms with Crippen LogP contribution in [0.5, 0.6) is 0 Å². The summed E-state index contributed by atoms with van der Waals surface area (Å²) in [4.78, 5) is 2.79. The zero-order valence-electron chi connectivity index (χ0n) is 10.7. The maximum Gasteiger partial charge on any atom is 0.00953 e. The van der Waals surface area contributed by atoms with Crippen molar-refractivity contribution in [3.63, 3.8) is 0 Å². The molecule has 0 spiro atoms. The lowest BCUT2D eigenvalue weighted by Gasteiger charge is -2.46. The van der Waals surface area contributed by atoms with Crippen LogP contribution in [0.1, 0.15) is 52.9 Å². The summed E-state index contributed by atoms with van der Waals surface area (Å²) in [5.41, 5.74) is 0. The summed E-state index contributed by atoms with van der Waals surface area (Å²) in [6.07, 6.45) is 7.26. The lowest BCUT2D eigenvalue weighted by molar-refractivity contribution is 0.0312. The third-order valence-electron chi connectivity index (χ3n) is 4.80. The molecule has 1 unspecified atom stereocenters. The van der Waals surface area contributed by atoms with E-state index in [-0.39, 0.29) is 0 Å². The number of hydrogen-bond acceptors (Lipinski definition) is 1. The molecule has 1 aliphatic carbocycles. The van der Waals surface area contributed by atoms with Gasteiger partial charge in [0.15, 0.2) is 0 Å². The Morgan fingerprint density at radius 3 is 2.40 bits per heavy atom. The van der Waals surface area contributed by atoms with E-state index in [1.807, 2.05) is 0 Å². The fourth-order valence-electron chi connectivity index (χ4n) is 3.47. The average molecular weight is 209 g/mol. The van der Waals surface area contributed by atoms with E-state index in [1.165, 1.54) is 45.2 Å². The quantitative estimate of drug-likeness (QED) is 0.687. The second-order valence-electron chi connectivity index (χ2n) is 5.94. The van der Waals surface area contributed by atoms with E-state index < -0.39 is 0 Å². The van der Waals surface area contributed by atoms with Crippen LogP contribution in [0.25, 0.3) is 0 Å². The first-order valence-corrected chi connectivity index (χ1v) is 6.96. The highest BCUT2D eigenvalue weighted by molar-refractivity contribution is 4.87. The summed E-state index contributed by atoms with van der Waals surface area (Å²) in [6.45, 7) is 9.97. The van der Waals surface area contributed by atoms with E-state index in [2.05, 4.69) is 25.7 Å². The van der Waals surface area contributed by atoms with Gasteiger partial charge >= 0.3 is 0 Å². The first kappa shape index (κ1) is 11.4. The molecule has 0 aromatic heterocycles.